The number of hydrogen-bond donors (Lipinski definition) is 1. The molecule has 1 N–H and O–H groups in total. The number of rotatable bonds is 2. The Balaban J connectivity index is 2.09. The summed E-state index contributed by atoms with van der Waals surface area (Å²) in [7, 11) is 0. The van der Waals surface area contributed by atoms with Gasteiger partial charge in [-0.05, 0) is 30.0 Å². The first-order valence-electron chi connectivity index (χ1n) is 5.89. The number of pyridine rings is 2. The SMILES string of the molecule is CSc1ccc(-c2cnc3cc(=O)[nH]cc3c2)cc1. The maximum absolute atomic E-state index is 11.2. The van der Waals surface area contributed by atoms with Gasteiger partial charge in [0.2, 0.25) is 5.56 Å². The van der Waals surface area contributed by atoms with Gasteiger partial charge in [-0.25, -0.2) is 0 Å². The molecule has 0 aliphatic heterocycles. The number of fused-ring (bicyclic) bond motifs is 1. The maximum atomic E-state index is 11.2. The molecule has 0 saturated heterocycles. The van der Waals surface area contributed by atoms with Gasteiger partial charge in [-0.15, -0.1) is 11.8 Å². The molecule has 94 valence electrons. The summed E-state index contributed by atoms with van der Waals surface area (Å²) in [6.07, 6.45) is 5.56. The molecule has 19 heavy (non-hydrogen) atoms. The quantitative estimate of drug-likeness (QED) is 0.725. The van der Waals surface area contributed by atoms with Crippen LogP contribution < -0.4 is 5.56 Å². The molecule has 2 aromatic heterocycles. The molecule has 0 aliphatic carbocycles. The molecule has 0 atom stereocenters. The third kappa shape index (κ3) is 2.39. The third-order valence-corrected chi connectivity index (χ3v) is 3.75. The van der Waals surface area contributed by atoms with E-state index < -0.39 is 0 Å². The molecular formula is C15H12N2OS. The Labute approximate surface area is 114 Å². The van der Waals surface area contributed by atoms with E-state index >= 15 is 0 Å². The third-order valence-electron chi connectivity index (χ3n) is 3.01. The second kappa shape index (κ2) is 4.90. The van der Waals surface area contributed by atoms with Crippen LogP contribution in [0.15, 0.2) is 58.5 Å². The molecule has 0 radical (unpaired) electrons. The largest absolute Gasteiger partial charge is 0.328 e. The molecule has 0 amide bonds. The van der Waals surface area contributed by atoms with Crippen LogP contribution in [-0.4, -0.2) is 16.2 Å². The number of H-pyrrole nitrogens is 1. The lowest BCUT2D eigenvalue weighted by atomic mass is 10.1. The topological polar surface area (TPSA) is 45.8 Å². The second-order valence-electron chi connectivity index (χ2n) is 4.22. The van der Waals surface area contributed by atoms with Gasteiger partial charge >= 0.3 is 0 Å². The highest BCUT2D eigenvalue weighted by atomic mass is 32.2. The van der Waals surface area contributed by atoms with Crippen molar-refractivity contribution < 1.29 is 0 Å². The summed E-state index contributed by atoms with van der Waals surface area (Å²) in [6.45, 7) is 0. The molecule has 3 nitrogen and oxygen atoms in total. The zero-order valence-electron chi connectivity index (χ0n) is 10.4. The van der Waals surface area contributed by atoms with Crippen LogP contribution in [0.5, 0.6) is 0 Å². The Hall–Kier alpha value is -2.07. The summed E-state index contributed by atoms with van der Waals surface area (Å²) >= 11 is 1.72. The van der Waals surface area contributed by atoms with E-state index in [4.69, 9.17) is 0 Å². The second-order valence-corrected chi connectivity index (χ2v) is 5.10. The van der Waals surface area contributed by atoms with Gasteiger partial charge in [0, 0.05) is 34.3 Å². The lowest BCUT2D eigenvalue weighted by molar-refractivity contribution is 1.25. The van der Waals surface area contributed by atoms with Crippen LogP contribution >= 0.6 is 11.8 Å². The first-order chi connectivity index (χ1) is 9.26. The number of nitrogens with zero attached hydrogens (tertiary/aromatic N) is 1. The molecule has 0 bridgehead atoms. The van der Waals surface area contributed by atoms with Crippen LogP contribution in [0.2, 0.25) is 0 Å². The van der Waals surface area contributed by atoms with Crippen LogP contribution in [0.25, 0.3) is 22.0 Å². The van der Waals surface area contributed by atoms with E-state index in [1.807, 2.05) is 6.07 Å². The fourth-order valence-corrected chi connectivity index (χ4v) is 2.39. The van der Waals surface area contributed by atoms with Crippen molar-refractivity contribution >= 4 is 22.7 Å². The molecular weight excluding hydrogens is 256 g/mol. The highest BCUT2D eigenvalue weighted by Gasteiger charge is 2.01. The van der Waals surface area contributed by atoms with Gasteiger partial charge in [0.05, 0.1) is 5.52 Å². The first-order valence-corrected chi connectivity index (χ1v) is 7.12. The summed E-state index contributed by atoms with van der Waals surface area (Å²) in [6, 6.07) is 11.9. The van der Waals surface area contributed by atoms with E-state index in [1.165, 1.54) is 11.0 Å². The summed E-state index contributed by atoms with van der Waals surface area (Å²) in [5, 5.41) is 0.936. The smallest absolute Gasteiger partial charge is 0.250 e. The lowest BCUT2D eigenvalue weighted by Crippen LogP contribution is -2.02. The summed E-state index contributed by atoms with van der Waals surface area (Å²) in [4.78, 5) is 19.5. The summed E-state index contributed by atoms with van der Waals surface area (Å²) < 4.78 is 0. The Morgan fingerprint density at radius 3 is 2.63 bits per heavy atom. The van der Waals surface area contributed by atoms with Crippen LogP contribution in [0, 0.1) is 0 Å². The highest BCUT2D eigenvalue weighted by molar-refractivity contribution is 7.98. The van der Waals surface area contributed by atoms with E-state index in [2.05, 4.69) is 40.5 Å². The van der Waals surface area contributed by atoms with E-state index in [1.54, 1.807) is 24.2 Å². The minimum absolute atomic E-state index is 0.128. The number of nitrogens with one attached hydrogen (secondary N) is 1. The van der Waals surface area contributed by atoms with Crippen LogP contribution in [0.4, 0.5) is 0 Å². The molecule has 4 heteroatoms. The van der Waals surface area contributed by atoms with E-state index in [0.717, 1.165) is 16.5 Å². The molecule has 0 saturated carbocycles. The Bertz CT molecular complexity index is 778. The molecule has 0 aliphatic rings. The maximum Gasteiger partial charge on any atom is 0.250 e. The van der Waals surface area contributed by atoms with Crippen molar-refractivity contribution in [3.63, 3.8) is 0 Å². The Morgan fingerprint density at radius 2 is 1.89 bits per heavy atom. The van der Waals surface area contributed by atoms with Crippen molar-refractivity contribution in [2.45, 2.75) is 4.90 Å². The number of hydrogen-bond acceptors (Lipinski definition) is 3. The molecule has 0 unspecified atom stereocenters. The number of benzene rings is 1. The summed E-state index contributed by atoms with van der Waals surface area (Å²) in [5.74, 6) is 0. The number of aromatic amines is 1. The number of aromatic nitrogens is 2. The van der Waals surface area contributed by atoms with Gasteiger partial charge in [-0.1, -0.05) is 12.1 Å². The molecule has 1 aromatic carbocycles. The van der Waals surface area contributed by atoms with Gasteiger partial charge < -0.3 is 4.98 Å². The van der Waals surface area contributed by atoms with Gasteiger partial charge in [0.25, 0.3) is 0 Å². The van der Waals surface area contributed by atoms with Crippen molar-refractivity contribution in [2.75, 3.05) is 6.26 Å². The minimum Gasteiger partial charge on any atom is -0.328 e. The van der Waals surface area contributed by atoms with Crippen molar-refractivity contribution in [2.24, 2.45) is 0 Å². The van der Waals surface area contributed by atoms with Gasteiger partial charge in [-0.2, -0.15) is 0 Å². The number of thioether (sulfide) groups is 1. The fourth-order valence-electron chi connectivity index (χ4n) is 1.98. The molecule has 3 rings (SSSR count). The molecule has 3 aromatic rings. The zero-order chi connectivity index (χ0) is 13.2. The minimum atomic E-state index is -0.128. The Kier molecular flexibility index (Phi) is 3.09. The van der Waals surface area contributed by atoms with Crippen LogP contribution in [0.3, 0.4) is 0 Å². The predicted molar refractivity (Wildman–Crippen MR) is 79.6 cm³/mol. The van der Waals surface area contributed by atoms with Crippen LogP contribution in [-0.2, 0) is 0 Å². The fraction of sp³-hybridized carbons (Fsp3) is 0.0667. The molecule has 0 fully saturated rings. The van der Waals surface area contributed by atoms with Crippen molar-refractivity contribution in [3.8, 4) is 11.1 Å². The predicted octanol–water partition coefficient (Wildman–Crippen LogP) is 3.31. The average Bonchev–Trinajstić information content (AvgIpc) is 2.47. The zero-order valence-corrected chi connectivity index (χ0v) is 11.2. The Morgan fingerprint density at radius 1 is 1.11 bits per heavy atom. The van der Waals surface area contributed by atoms with Crippen molar-refractivity contribution in [1.82, 2.24) is 9.97 Å². The normalized spacial score (nSPS) is 10.8. The summed E-state index contributed by atoms with van der Waals surface area (Å²) in [5.41, 5.74) is 2.76. The van der Waals surface area contributed by atoms with Gasteiger partial charge in [-0.3, -0.25) is 9.78 Å². The van der Waals surface area contributed by atoms with Crippen molar-refractivity contribution in [1.29, 1.82) is 0 Å². The van der Waals surface area contributed by atoms with E-state index in [0.29, 0.717) is 5.52 Å². The standard InChI is InChI=1S/C15H12N2OS/c1-19-13-4-2-10(3-5-13)11-6-12-9-17-15(18)7-14(12)16-8-11/h2-9H,1H3,(H,17,18). The average molecular weight is 268 g/mol. The van der Waals surface area contributed by atoms with Gasteiger partial charge in [0.15, 0.2) is 0 Å². The first kappa shape index (κ1) is 12.0. The molecule has 2 heterocycles. The monoisotopic (exact) mass is 268 g/mol. The van der Waals surface area contributed by atoms with E-state index in [9.17, 15) is 4.79 Å². The highest BCUT2D eigenvalue weighted by Crippen LogP contribution is 2.24. The lowest BCUT2D eigenvalue weighted by Gasteiger charge is -2.04. The van der Waals surface area contributed by atoms with E-state index in [-0.39, 0.29) is 5.56 Å². The van der Waals surface area contributed by atoms with Gasteiger partial charge in [0.1, 0.15) is 0 Å². The molecule has 0 spiro atoms. The van der Waals surface area contributed by atoms with Crippen LogP contribution in [0.1, 0.15) is 0 Å². The van der Waals surface area contributed by atoms with Crippen molar-refractivity contribution in [3.05, 3.63) is 59.1 Å².